The number of likely N-dealkylation sites (tertiary alicyclic amines) is 1. The monoisotopic (exact) mass is 475 g/mol. The second-order valence-electron chi connectivity index (χ2n) is 5.91. The molecule has 0 aromatic rings. The van der Waals surface area contributed by atoms with Crippen LogP contribution in [0.5, 0.6) is 0 Å². The van der Waals surface area contributed by atoms with Gasteiger partial charge in [0.2, 0.25) is 10.0 Å². The highest BCUT2D eigenvalue weighted by Crippen LogP contribution is 2.15. The Balaban J connectivity index is 0.00000529. The van der Waals surface area contributed by atoms with Crippen LogP contribution in [-0.2, 0) is 10.0 Å². The Labute approximate surface area is 164 Å². The second-order valence-corrected chi connectivity index (χ2v) is 7.90. The molecule has 1 heterocycles. The summed E-state index contributed by atoms with van der Waals surface area (Å²) in [7, 11) is -1.34. The molecule has 1 unspecified atom stereocenters. The Morgan fingerprint density at radius 3 is 2.58 bits per heavy atom. The number of sulfonamides is 1. The van der Waals surface area contributed by atoms with Crippen molar-refractivity contribution < 1.29 is 8.42 Å². The lowest BCUT2D eigenvalue weighted by molar-refractivity contribution is 0.267. The molecule has 0 amide bonds. The van der Waals surface area contributed by atoms with Gasteiger partial charge in [-0.05, 0) is 32.4 Å². The van der Waals surface area contributed by atoms with Gasteiger partial charge in [0.15, 0.2) is 5.96 Å². The van der Waals surface area contributed by atoms with Crippen molar-refractivity contribution in [2.24, 2.45) is 4.99 Å². The zero-order valence-corrected chi connectivity index (χ0v) is 18.6. The summed E-state index contributed by atoms with van der Waals surface area (Å²) in [6, 6.07) is 0.583. The predicted octanol–water partition coefficient (Wildman–Crippen LogP) is 0.925. The topological polar surface area (TPSA) is 77.0 Å². The Kier molecular flexibility index (Phi) is 12.2. The smallest absolute Gasteiger partial charge is 0.211 e. The molecule has 1 saturated heterocycles. The van der Waals surface area contributed by atoms with Crippen LogP contribution in [0.4, 0.5) is 0 Å². The van der Waals surface area contributed by atoms with Gasteiger partial charge in [0.25, 0.3) is 0 Å². The van der Waals surface area contributed by atoms with Gasteiger partial charge in [-0.2, -0.15) is 0 Å². The number of hydrogen-bond acceptors (Lipinski definition) is 4. The van der Waals surface area contributed by atoms with Crippen molar-refractivity contribution in [1.82, 2.24) is 19.8 Å². The minimum Gasteiger partial charge on any atom is -0.356 e. The lowest BCUT2D eigenvalue weighted by Crippen LogP contribution is -2.45. The van der Waals surface area contributed by atoms with Crippen LogP contribution in [0.2, 0.25) is 0 Å². The molecule has 0 spiro atoms. The molecule has 1 aliphatic rings. The van der Waals surface area contributed by atoms with E-state index in [0.717, 1.165) is 25.5 Å². The largest absolute Gasteiger partial charge is 0.356 e. The fourth-order valence-electron chi connectivity index (χ4n) is 3.00. The summed E-state index contributed by atoms with van der Waals surface area (Å²) in [5, 5.41) is 6.63. The second kappa shape index (κ2) is 12.3. The fourth-order valence-corrected chi connectivity index (χ4v) is 3.93. The van der Waals surface area contributed by atoms with Crippen molar-refractivity contribution in [2.45, 2.75) is 39.2 Å². The van der Waals surface area contributed by atoms with Gasteiger partial charge in [-0.3, -0.25) is 9.89 Å². The standard InChI is InChI=1S/C15H33N5O2S.HI/c1-5-19-11-7-9-14(19)13-18-15(16-3)17-10-8-12-20(6-2)23(4,21)22;/h14H,5-13H2,1-4H3,(H2,16,17,18);1H. The first-order valence-electron chi connectivity index (χ1n) is 8.56. The van der Waals surface area contributed by atoms with E-state index in [0.29, 0.717) is 25.7 Å². The van der Waals surface area contributed by atoms with E-state index in [9.17, 15) is 8.42 Å². The van der Waals surface area contributed by atoms with Gasteiger partial charge in [0, 0.05) is 39.3 Å². The first kappa shape index (κ1) is 23.9. The van der Waals surface area contributed by atoms with Crippen molar-refractivity contribution in [3.63, 3.8) is 0 Å². The first-order chi connectivity index (χ1) is 10.9. The Bertz CT molecular complexity index is 472. The molecular formula is C15H34IN5O2S. The molecule has 0 radical (unpaired) electrons. The van der Waals surface area contributed by atoms with E-state index in [-0.39, 0.29) is 24.0 Å². The molecule has 0 bridgehead atoms. The van der Waals surface area contributed by atoms with Gasteiger partial charge in [-0.1, -0.05) is 13.8 Å². The number of rotatable bonds is 9. The van der Waals surface area contributed by atoms with Crippen LogP contribution in [0.3, 0.4) is 0 Å². The molecule has 144 valence electrons. The van der Waals surface area contributed by atoms with Crippen molar-refractivity contribution in [1.29, 1.82) is 0 Å². The molecule has 7 nitrogen and oxygen atoms in total. The quantitative estimate of drug-likeness (QED) is 0.225. The van der Waals surface area contributed by atoms with Crippen LogP contribution in [0.25, 0.3) is 0 Å². The van der Waals surface area contributed by atoms with Crippen LogP contribution in [0, 0.1) is 0 Å². The SMILES string of the molecule is CCN1CCCC1CNC(=NC)NCCCN(CC)S(C)(=O)=O.I. The van der Waals surface area contributed by atoms with Gasteiger partial charge in [-0.15, -0.1) is 24.0 Å². The minimum absolute atomic E-state index is 0. The highest BCUT2D eigenvalue weighted by Gasteiger charge is 2.22. The first-order valence-corrected chi connectivity index (χ1v) is 10.4. The van der Waals surface area contributed by atoms with E-state index in [2.05, 4.69) is 27.4 Å². The maximum atomic E-state index is 11.5. The van der Waals surface area contributed by atoms with Crippen molar-refractivity contribution >= 4 is 40.0 Å². The number of nitrogens with one attached hydrogen (secondary N) is 2. The zero-order chi connectivity index (χ0) is 17.3. The van der Waals surface area contributed by atoms with Gasteiger partial charge in [-0.25, -0.2) is 12.7 Å². The number of aliphatic imine (C=N–C) groups is 1. The van der Waals surface area contributed by atoms with Crippen molar-refractivity contribution in [3.8, 4) is 0 Å². The van der Waals surface area contributed by atoms with Gasteiger partial charge < -0.3 is 10.6 Å². The molecule has 0 aromatic heterocycles. The van der Waals surface area contributed by atoms with E-state index in [1.54, 1.807) is 7.05 Å². The highest BCUT2D eigenvalue weighted by molar-refractivity contribution is 14.0. The van der Waals surface area contributed by atoms with Crippen LogP contribution in [0.15, 0.2) is 4.99 Å². The maximum absolute atomic E-state index is 11.5. The van der Waals surface area contributed by atoms with Crippen molar-refractivity contribution in [3.05, 3.63) is 0 Å². The van der Waals surface area contributed by atoms with Gasteiger partial charge in [0.1, 0.15) is 0 Å². The summed E-state index contributed by atoms with van der Waals surface area (Å²) >= 11 is 0. The molecule has 9 heteroatoms. The lowest BCUT2D eigenvalue weighted by atomic mass is 10.2. The molecule has 1 atom stereocenters. The van der Waals surface area contributed by atoms with E-state index in [1.807, 2.05) is 6.92 Å². The van der Waals surface area contributed by atoms with Crippen molar-refractivity contribution in [2.75, 3.05) is 52.6 Å². The molecule has 0 aromatic carbocycles. The van der Waals surface area contributed by atoms with E-state index < -0.39 is 10.0 Å². The molecule has 1 aliphatic heterocycles. The van der Waals surface area contributed by atoms with Gasteiger partial charge in [0.05, 0.1) is 6.26 Å². The van der Waals surface area contributed by atoms with Crippen LogP contribution >= 0.6 is 24.0 Å². The number of likely N-dealkylation sites (N-methyl/N-ethyl adjacent to an activating group) is 1. The third-order valence-corrected chi connectivity index (χ3v) is 5.71. The Morgan fingerprint density at radius 1 is 1.33 bits per heavy atom. The summed E-state index contributed by atoms with van der Waals surface area (Å²) in [5.74, 6) is 0.787. The number of halogens is 1. The van der Waals surface area contributed by atoms with E-state index in [1.165, 1.54) is 29.9 Å². The molecule has 2 N–H and O–H groups in total. The third kappa shape index (κ3) is 8.30. The summed E-state index contributed by atoms with van der Waals surface area (Å²) in [4.78, 5) is 6.72. The third-order valence-electron chi connectivity index (χ3n) is 4.33. The molecule has 24 heavy (non-hydrogen) atoms. The number of nitrogens with zero attached hydrogens (tertiary/aromatic N) is 3. The van der Waals surface area contributed by atoms with Crippen LogP contribution in [0.1, 0.15) is 33.1 Å². The molecule has 0 aliphatic carbocycles. The zero-order valence-electron chi connectivity index (χ0n) is 15.4. The molecule has 0 saturated carbocycles. The Morgan fingerprint density at radius 2 is 2.04 bits per heavy atom. The average molecular weight is 475 g/mol. The number of hydrogen-bond donors (Lipinski definition) is 2. The maximum Gasteiger partial charge on any atom is 0.211 e. The minimum atomic E-state index is -3.10. The average Bonchev–Trinajstić information content (AvgIpc) is 2.96. The van der Waals surface area contributed by atoms with Gasteiger partial charge >= 0.3 is 0 Å². The Hall–Kier alpha value is -0.130. The summed E-state index contributed by atoms with van der Waals surface area (Å²) in [5.41, 5.74) is 0. The molecular weight excluding hydrogens is 441 g/mol. The summed E-state index contributed by atoms with van der Waals surface area (Å²) < 4.78 is 24.5. The lowest BCUT2D eigenvalue weighted by Gasteiger charge is -2.24. The molecule has 1 fully saturated rings. The van der Waals surface area contributed by atoms with Crippen LogP contribution in [-0.4, -0.2) is 82.2 Å². The highest BCUT2D eigenvalue weighted by atomic mass is 127. The normalized spacial score (nSPS) is 19.4. The number of guanidine groups is 1. The van der Waals surface area contributed by atoms with E-state index >= 15 is 0 Å². The summed E-state index contributed by atoms with van der Waals surface area (Å²) in [6.07, 6.45) is 4.51. The predicted molar refractivity (Wildman–Crippen MR) is 112 cm³/mol. The van der Waals surface area contributed by atoms with Crippen LogP contribution < -0.4 is 10.6 Å². The summed E-state index contributed by atoms with van der Waals surface area (Å²) in [6.45, 7) is 8.99. The fraction of sp³-hybridized carbons (Fsp3) is 0.933. The molecule has 1 rings (SSSR count). The van der Waals surface area contributed by atoms with E-state index in [4.69, 9.17) is 0 Å².